The third-order valence-electron chi connectivity index (χ3n) is 5.39. The normalized spacial score (nSPS) is 15.2. The van der Waals surface area contributed by atoms with Crippen molar-refractivity contribution in [3.8, 4) is 5.69 Å². The summed E-state index contributed by atoms with van der Waals surface area (Å²) in [5.74, 6) is 0.799. The number of carbonyl (C=O) groups is 1. The summed E-state index contributed by atoms with van der Waals surface area (Å²) in [7, 11) is 0. The van der Waals surface area contributed by atoms with E-state index in [1.54, 1.807) is 6.07 Å². The number of thioether (sulfide) groups is 1. The number of anilines is 1. The van der Waals surface area contributed by atoms with Gasteiger partial charge in [0.05, 0.1) is 11.8 Å². The number of carbonyl (C=O) groups excluding carboxylic acids is 1. The predicted molar refractivity (Wildman–Crippen MR) is 126 cm³/mol. The molecular formula is C23H26ClN5OS. The number of nitrogens with one attached hydrogen (secondary N) is 1. The van der Waals surface area contributed by atoms with Crippen molar-refractivity contribution in [3.05, 3.63) is 64.9 Å². The van der Waals surface area contributed by atoms with Crippen molar-refractivity contribution in [2.24, 2.45) is 0 Å². The molecule has 3 aromatic rings. The number of hydrogen-bond acceptors (Lipinski definition) is 5. The van der Waals surface area contributed by atoms with Crippen LogP contribution in [0, 0.1) is 6.92 Å². The van der Waals surface area contributed by atoms with Gasteiger partial charge in [-0.05, 0) is 69.6 Å². The molecule has 1 aromatic heterocycles. The molecule has 2 heterocycles. The molecule has 1 aliphatic rings. The van der Waals surface area contributed by atoms with Crippen LogP contribution in [0.15, 0.2) is 53.7 Å². The highest BCUT2D eigenvalue weighted by Gasteiger charge is 2.23. The van der Waals surface area contributed by atoms with E-state index in [1.165, 1.54) is 24.6 Å². The van der Waals surface area contributed by atoms with E-state index >= 15 is 0 Å². The van der Waals surface area contributed by atoms with Crippen molar-refractivity contribution < 1.29 is 4.79 Å². The van der Waals surface area contributed by atoms with Crippen LogP contribution in [0.25, 0.3) is 5.69 Å². The van der Waals surface area contributed by atoms with Crippen molar-refractivity contribution >= 4 is 35.0 Å². The van der Waals surface area contributed by atoms with Gasteiger partial charge in [0.15, 0.2) is 11.0 Å². The molecule has 0 aliphatic carbocycles. The molecular weight excluding hydrogens is 430 g/mol. The molecule has 162 valence electrons. The molecule has 0 saturated carbocycles. The Kier molecular flexibility index (Phi) is 6.95. The lowest BCUT2D eigenvalue weighted by Crippen LogP contribution is -2.24. The van der Waals surface area contributed by atoms with Crippen LogP contribution in [0.2, 0.25) is 5.02 Å². The van der Waals surface area contributed by atoms with Crippen molar-refractivity contribution in [3.63, 3.8) is 0 Å². The molecule has 1 fully saturated rings. The highest BCUT2D eigenvalue weighted by Crippen LogP contribution is 2.28. The van der Waals surface area contributed by atoms with Gasteiger partial charge in [0.2, 0.25) is 5.91 Å². The zero-order chi connectivity index (χ0) is 21.8. The lowest BCUT2D eigenvalue weighted by Gasteiger charge is -2.17. The molecule has 0 radical (unpaired) electrons. The molecule has 31 heavy (non-hydrogen) atoms. The number of likely N-dealkylation sites (tertiary alicyclic amines) is 1. The number of halogens is 1. The van der Waals surface area contributed by atoms with E-state index in [-0.39, 0.29) is 11.2 Å². The smallest absolute Gasteiger partial charge is 0.237 e. The monoisotopic (exact) mass is 455 g/mol. The fourth-order valence-electron chi connectivity index (χ4n) is 3.63. The van der Waals surface area contributed by atoms with E-state index in [9.17, 15) is 4.79 Å². The summed E-state index contributed by atoms with van der Waals surface area (Å²) < 4.78 is 2.07. The molecule has 0 bridgehead atoms. The summed E-state index contributed by atoms with van der Waals surface area (Å²) in [6.45, 7) is 6.75. The maximum atomic E-state index is 12.9. The molecule has 0 spiro atoms. The number of aryl methyl sites for hydroxylation is 1. The minimum absolute atomic E-state index is 0.0981. The van der Waals surface area contributed by atoms with Gasteiger partial charge in [-0.1, -0.05) is 47.6 Å². The van der Waals surface area contributed by atoms with E-state index in [0.29, 0.717) is 10.2 Å². The Bertz CT molecular complexity index is 1050. The predicted octanol–water partition coefficient (Wildman–Crippen LogP) is 4.94. The van der Waals surface area contributed by atoms with Gasteiger partial charge in [-0.2, -0.15) is 0 Å². The third kappa shape index (κ3) is 5.29. The van der Waals surface area contributed by atoms with Crippen molar-refractivity contribution in [2.75, 3.05) is 18.4 Å². The zero-order valence-electron chi connectivity index (χ0n) is 17.7. The van der Waals surface area contributed by atoms with E-state index in [2.05, 4.69) is 25.0 Å². The van der Waals surface area contributed by atoms with Crippen LogP contribution >= 0.6 is 23.4 Å². The van der Waals surface area contributed by atoms with Crippen LogP contribution in [0.1, 0.15) is 31.2 Å². The molecule has 1 unspecified atom stereocenters. The highest BCUT2D eigenvalue weighted by molar-refractivity contribution is 8.00. The molecule has 2 aromatic carbocycles. The average molecular weight is 456 g/mol. The van der Waals surface area contributed by atoms with E-state index < -0.39 is 0 Å². The Morgan fingerprint density at radius 3 is 2.65 bits per heavy atom. The van der Waals surface area contributed by atoms with Gasteiger partial charge in [-0.15, -0.1) is 10.2 Å². The summed E-state index contributed by atoms with van der Waals surface area (Å²) in [6, 6.07) is 15.6. The Morgan fingerprint density at radius 1 is 1.16 bits per heavy atom. The molecule has 6 nitrogen and oxygen atoms in total. The molecule has 1 aliphatic heterocycles. The fraction of sp³-hybridized carbons (Fsp3) is 0.348. The SMILES string of the molecule is Cc1ccc(Cl)cc1NC(=O)C(C)Sc1nnc(CN2CCCC2)n1-c1ccccc1. The van der Waals surface area contributed by atoms with Crippen LogP contribution in [0.5, 0.6) is 0 Å². The first-order valence-corrected chi connectivity index (χ1v) is 11.7. The lowest BCUT2D eigenvalue weighted by molar-refractivity contribution is -0.115. The first-order chi connectivity index (χ1) is 15.0. The number of nitrogens with zero attached hydrogens (tertiary/aromatic N) is 4. The molecule has 4 rings (SSSR count). The van der Waals surface area contributed by atoms with E-state index in [0.717, 1.165) is 42.4 Å². The van der Waals surface area contributed by atoms with Crippen LogP contribution < -0.4 is 5.32 Å². The Balaban J connectivity index is 1.55. The van der Waals surface area contributed by atoms with Gasteiger partial charge < -0.3 is 5.32 Å². The average Bonchev–Trinajstić information content (AvgIpc) is 3.41. The highest BCUT2D eigenvalue weighted by atomic mass is 35.5. The quantitative estimate of drug-likeness (QED) is 0.511. The van der Waals surface area contributed by atoms with Crippen molar-refractivity contribution in [1.29, 1.82) is 0 Å². The van der Waals surface area contributed by atoms with Gasteiger partial charge in [0.25, 0.3) is 0 Å². The maximum absolute atomic E-state index is 12.9. The first-order valence-electron chi connectivity index (χ1n) is 10.5. The number of amides is 1. The summed E-state index contributed by atoms with van der Waals surface area (Å²) >= 11 is 7.50. The van der Waals surface area contributed by atoms with Crippen molar-refractivity contribution in [1.82, 2.24) is 19.7 Å². The standard InChI is InChI=1S/C23H26ClN5OS/c1-16-10-11-18(24)14-20(16)25-22(30)17(2)31-23-27-26-21(15-28-12-6-7-13-28)29(23)19-8-4-3-5-9-19/h3-5,8-11,14,17H,6-7,12-13,15H2,1-2H3,(H,25,30). The van der Waals surface area contributed by atoms with Crippen LogP contribution in [0.3, 0.4) is 0 Å². The van der Waals surface area contributed by atoms with Crippen LogP contribution in [-0.2, 0) is 11.3 Å². The third-order valence-corrected chi connectivity index (χ3v) is 6.67. The van der Waals surface area contributed by atoms with Gasteiger partial charge in [0.1, 0.15) is 0 Å². The largest absolute Gasteiger partial charge is 0.325 e. The second-order valence-electron chi connectivity index (χ2n) is 7.76. The zero-order valence-corrected chi connectivity index (χ0v) is 19.3. The Morgan fingerprint density at radius 2 is 1.90 bits per heavy atom. The van der Waals surface area contributed by atoms with E-state index in [4.69, 9.17) is 11.6 Å². The van der Waals surface area contributed by atoms with Gasteiger partial charge in [-0.25, -0.2) is 0 Å². The molecule has 1 atom stereocenters. The summed E-state index contributed by atoms with van der Waals surface area (Å²) in [5.41, 5.74) is 2.70. The van der Waals surface area contributed by atoms with Gasteiger partial charge in [-0.3, -0.25) is 14.3 Å². The van der Waals surface area contributed by atoms with E-state index in [1.807, 2.05) is 56.3 Å². The lowest BCUT2D eigenvalue weighted by atomic mass is 10.2. The van der Waals surface area contributed by atoms with Gasteiger partial charge in [0, 0.05) is 16.4 Å². The van der Waals surface area contributed by atoms with Crippen LogP contribution in [-0.4, -0.2) is 43.9 Å². The minimum atomic E-state index is -0.357. The minimum Gasteiger partial charge on any atom is -0.325 e. The van der Waals surface area contributed by atoms with Crippen molar-refractivity contribution in [2.45, 2.75) is 43.6 Å². The second kappa shape index (κ2) is 9.85. The maximum Gasteiger partial charge on any atom is 0.237 e. The molecule has 1 N–H and O–H groups in total. The van der Waals surface area contributed by atoms with Crippen LogP contribution in [0.4, 0.5) is 5.69 Å². The number of para-hydroxylation sites is 1. The number of aromatic nitrogens is 3. The molecule has 1 amide bonds. The summed E-state index contributed by atoms with van der Waals surface area (Å²) in [5, 5.41) is 12.9. The Labute approximate surface area is 192 Å². The summed E-state index contributed by atoms with van der Waals surface area (Å²) in [4.78, 5) is 15.3. The molecule has 8 heteroatoms. The second-order valence-corrected chi connectivity index (χ2v) is 9.51. The summed E-state index contributed by atoms with van der Waals surface area (Å²) in [6.07, 6.45) is 2.45. The first kappa shape index (κ1) is 21.9. The van der Waals surface area contributed by atoms with Gasteiger partial charge >= 0.3 is 0 Å². The molecule has 1 saturated heterocycles. The Hall–Kier alpha value is -2.35. The number of rotatable bonds is 7. The number of benzene rings is 2. The number of hydrogen-bond donors (Lipinski definition) is 1. The fourth-order valence-corrected chi connectivity index (χ4v) is 4.69. The topological polar surface area (TPSA) is 63.1 Å².